The third kappa shape index (κ3) is 6.05. The topological polar surface area (TPSA) is 9.72 Å². The van der Waals surface area contributed by atoms with Crippen molar-refractivity contribution in [2.75, 3.05) is 14.7 Å². The number of benzene rings is 9. The summed E-state index contributed by atoms with van der Waals surface area (Å²) in [5.41, 5.74) is 20.7. The van der Waals surface area contributed by atoms with Crippen molar-refractivity contribution in [3.63, 3.8) is 0 Å². The van der Waals surface area contributed by atoms with Gasteiger partial charge in [0, 0.05) is 79.9 Å². The zero-order valence-corrected chi connectivity index (χ0v) is 44.0. The minimum atomic E-state index is -0.0988. The lowest BCUT2D eigenvalue weighted by Gasteiger charge is -2.50. The first-order valence-electron chi connectivity index (χ1n) is 26.3. The van der Waals surface area contributed by atoms with Crippen LogP contribution in [0.4, 0.5) is 45.5 Å². The van der Waals surface area contributed by atoms with Crippen molar-refractivity contribution >= 4 is 132 Å². The van der Waals surface area contributed by atoms with Gasteiger partial charge in [-0.05, 0) is 149 Å². The molecule has 9 aromatic carbocycles. The van der Waals surface area contributed by atoms with Crippen LogP contribution in [0.1, 0.15) is 77.0 Å². The third-order valence-corrected chi connectivity index (χ3v) is 20.0. The van der Waals surface area contributed by atoms with Gasteiger partial charge in [0.2, 0.25) is 0 Å². The lowest BCUT2D eigenvalue weighted by atomic mass is 9.33. The number of anilines is 8. The summed E-state index contributed by atoms with van der Waals surface area (Å²) >= 11 is 3.80. The van der Waals surface area contributed by atoms with E-state index in [-0.39, 0.29) is 23.1 Å². The van der Waals surface area contributed by atoms with E-state index in [1.54, 1.807) is 0 Å². The summed E-state index contributed by atoms with van der Waals surface area (Å²) in [6.45, 7) is 14.5. The van der Waals surface area contributed by atoms with Crippen molar-refractivity contribution in [2.45, 2.75) is 83.6 Å². The second kappa shape index (κ2) is 15.5. The van der Waals surface area contributed by atoms with E-state index in [2.05, 4.69) is 238 Å². The van der Waals surface area contributed by atoms with Gasteiger partial charge in [-0.1, -0.05) is 150 Å². The number of fused-ring (bicyclic) bond motifs is 13. The van der Waals surface area contributed by atoms with E-state index in [9.17, 15) is 0 Å². The first-order chi connectivity index (χ1) is 35.5. The molecule has 1 aliphatic carbocycles. The third-order valence-electron chi connectivity index (χ3n) is 17.8. The fraction of sp³-hybridized carbons (Fsp3) is 0.194. The number of hydrogen-bond acceptors (Lipinski definition) is 5. The SMILES string of the molecule is Cc1cc2c3c(c1)N(c1cccc4sc5ccccc5c14)c1cc(N4c5ccc(C(C)(C)C)cc5C5(C)CCCCC45C)ccc1B3c1cc(-c3ccccc3)ccc1N2c1cccc2sc3ccccc3c12. The molecule has 3 aliphatic heterocycles. The summed E-state index contributed by atoms with van der Waals surface area (Å²) in [7, 11) is 0. The van der Waals surface area contributed by atoms with Crippen LogP contribution >= 0.6 is 22.7 Å². The molecule has 0 bridgehead atoms. The van der Waals surface area contributed by atoms with Gasteiger partial charge in [0.25, 0.3) is 6.71 Å². The van der Waals surface area contributed by atoms with E-state index >= 15 is 0 Å². The average molecular weight is 978 g/mol. The van der Waals surface area contributed by atoms with Gasteiger partial charge >= 0.3 is 0 Å². The maximum Gasteiger partial charge on any atom is 0.252 e. The second-order valence-corrected chi connectivity index (χ2v) is 25.0. The first-order valence-corrected chi connectivity index (χ1v) is 28.0. The van der Waals surface area contributed by atoms with E-state index in [1.165, 1.54) is 149 Å². The molecule has 15 rings (SSSR count). The van der Waals surface area contributed by atoms with Gasteiger partial charge in [0.1, 0.15) is 0 Å². The molecule has 0 spiro atoms. The van der Waals surface area contributed by atoms with E-state index in [1.807, 2.05) is 22.7 Å². The molecule has 0 N–H and O–H groups in total. The Balaban J connectivity index is 1.04. The Bertz CT molecular complexity index is 4120. The van der Waals surface area contributed by atoms with Crippen molar-refractivity contribution in [1.29, 1.82) is 0 Å². The smallest absolute Gasteiger partial charge is 0.252 e. The molecule has 3 nitrogen and oxygen atoms in total. The van der Waals surface area contributed by atoms with Gasteiger partial charge in [-0.2, -0.15) is 0 Å². The molecular formula is C67H56BN3S2. The number of aryl methyl sites for hydroxylation is 1. The summed E-state index contributed by atoms with van der Waals surface area (Å²) in [4.78, 5) is 8.11. The van der Waals surface area contributed by atoms with Crippen LogP contribution in [0.5, 0.6) is 0 Å². The van der Waals surface area contributed by atoms with Gasteiger partial charge in [-0.25, -0.2) is 0 Å². The summed E-state index contributed by atoms with van der Waals surface area (Å²) in [5, 5.41) is 5.24. The fourth-order valence-electron chi connectivity index (χ4n) is 14.1. The summed E-state index contributed by atoms with van der Waals surface area (Å²) in [6.07, 6.45) is 4.83. The highest BCUT2D eigenvalue weighted by Crippen LogP contribution is 2.62. The zero-order chi connectivity index (χ0) is 49.1. The predicted molar refractivity (Wildman–Crippen MR) is 318 cm³/mol. The standard InChI is InChI=1S/C67H56BN3S2/c1-41-36-56-64-57(37-41)70(54-23-17-27-61-63(54)47-21-11-13-25-59(47)73-61)55-40-45(71-51-33-29-44(65(2,3)4)39-48(51)66(5)34-14-15-35-67(66,71)6)30-31-49(55)68(64)50-38-43(42-18-8-7-9-19-42)28-32-52(50)69(56)53-22-16-26-60-62(53)46-20-10-12-24-58(46)72-60/h7-13,16-33,36-40H,14-15,34-35H2,1-6H3. The molecule has 0 saturated heterocycles. The summed E-state index contributed by atoms with van der Waals surface area (Å²) in [5.74, 6) is 0. The Morgan fingerprint density at radius 1 is 0.479 bits per heavy atom. The van der Waals surface area contributed by atoms with E-state index in [4.69, 9.17) is 0 Å². The van der Waals surface area contributed by atoms with Crippen molar-refractivity contribution in [3.05, 3.63) is 199 Å². The van der Waals surface area contributed by atoms with Crippen molar-refractivity contribution in [3.8, 4) is 11.1 Å². The maximum absolute atomic E-state index is 2.79. The van der Waals surface area contributed by atoms with Crippen molar-refractivity contribution in [2.24, 2.45) is 0 Å². The maximum atomic E-state index is 2.79. The Hall–Kier alpha value is -7.12. The normalized spacial score (nSPS) is 18.9. The fourth-order valence-corrected chi connectivity index (χ4v) is 16.3. The van der Waals surface area contributed by atoms with Crippen LogP contribution in [0, 0.1) is 6.92 Å². The lowest BCUT2D eigenvalue weighted by Crippen LogP contribution is -2.61. The molecule has 5 heterocycles. The van der Waals surface area contributed by atoms with Crippen molar-refractivity contribution in [1.82, 2.24) is 0 Å². The molecule has 6 heteroatoms. The summed E-state index contributed by atoms with van der Waals surface area (Å²) in [6, 6.07) is 70.3. The minimum Gasteiger partial charge on any atom is -0.334 e. The Kier molecular flexibility index (Phi) is 9.20. The Labute approximate surface area is 437 Å². The molecule has 1 saturated carbocycles. The highest BCUT2D eigenvalue weighted by atomic mass is 32.1. The Morgan fingerprint density at radius 2 is 1.08 bits per heavy atom. The first kappa shape index (κ1) is 43.5. The number of hydrogen-bond donors (Lipinski definition) is 0. The van der Waals surface area contributed by atoms with Crippen molar-refractivity contribution < 1.29 is 0 Å². The molecule has 0 amide bonds. The average Bonchev–Trinajstić information content (AvgIpc) is 4.04. The second-order valence-electron chi connectivity index (χ2n) is 22.8. The number of nitrogens with zero attached hydrogens (tertiary/aromatic N) is 3. The molecule has 2 unspecified atom stereocenters. The minimum absolute atomic E-state index is 0.00742. The van der Waals surface area contributed by atoms with Gasteiger partial charge in [0.15, 0.2) is 0 Å². The largest absolute Gasteiger partial charge is 0.334 e. The van der Waals surface area contributed by atoms with Crippen LogP contribution in [0.25, 0.3) is 51.5 Å². The van der Waals surface area contributed by atoms with Crippen LogP contribution < -0.4 is 31.1 Å². The molecule has 0 radical (unpaired) electrons. The van der Waals surface area contributed by atoms with E-state index in [0.29, 0.717) is 0 Å². The summed E-state index contributed by atoms with van der Waals surface area (Å²) < 4.78 is 5.25. The highest BCUT2D eigenvalue weighted by molar-refractivity contribution is 7.26. The molecule has 1 fully saturated rings. The quantitative estimate of drug-likeness (QED) is 0.163. The van der Waals surface area contributed by atoms with Gasteiger partial charge in [0.05, 0.1) is 16.9 Å². The van der Waals surface area contributed by atoms with Crippen LogP contribution in [-0.2, 0) is 10.8 Å². The van der Waals surface area contributed by atoms with Gasteiger partial charge in [-0.15, -0.1) is 22.7 Å². The Morgan fingerprint density at radius 3 is 1.75 bits per heavy atom. The zero-order valence-electron chi connectivity index (χ0n) is 42.4. The highest BCUT2D eigenvalue weighted by Gasteiger charge is 2.58. The molecule has 2 atom stereocenters. The molecule has 2 aromatic heterocycles. The predicted octanol–water partition coefficient (Wildman–Crippen LogP) is 17.5. The van der Waals surface area contributed by atoms with Crippen LogP contribution in [-0.4, -0.2) is 12.3 Å². The van der Waals surface area contributed by atoms with Crippen LogP contribution in [0.15, 0.2) is 182 Å². The molecule has 11 aromatic rings. The van der Waals surface area contributed by atoms with Gasteiger partial charge in [-0.3, -0.25) is 0 Å². The van der Waals surface area contributed by atoms with E-state index in [0.717, 1.165) is 6.42 Å². The molecule has 73 heavy (non-hydrogen) atoms. The van der Waals surface area contributed by atoms with Crippen LogP contribution in [0.3, 0.4) is 0 Å². The van der Waals surface area contributed by atoms with Crippen LogP contribution in [0.2, 0.25) is 0 Å². The van der Waals surface area contributed by atoms with E-state index < -0.39 is 0 Å². The monoisotopic (exact) mass is 977 g/mol. The van der Waals surface area contributed by atoms with Gasteiger partial charge < -0.3 is 14.7 Å². The number of thiophene rings is 2. The molecule has 354 valence electrons. The number of rotatable bonds is 4. The lowest BCUT2D eigenvalue weighted by molar-refractivity contribution is 0.195. The molecule has 4 aliphatic rings. The molecular weight excluding hydrogens is 922 g/mol.